The Morgan fingerprint density at radius 2 is 1.73 bits per heavy atom. The number of carbonyl (C=O) groups is 1. The molecule has 2 aromatic carbocycles. The maximum absolute atomic E-state index is 11.2. The molecular formula is C23H19N3O3S. The molecule has 150 valence electrons. The zero-order valence-corrected chi connectivity index (χ0v) is 16.7. The van der Waals surface area contributed by atoms with Crippen molar-refractivity contribution in [2.24, 2.45) is 0 Å². The van der Waals surface area contributed by atoms with E-state index >= 15 is 0 Å². The van der Waals surface area contributed by atoms with Crippen molar-refractivity contribution >= 4 is 34.5 Å². The van der Waals surface area contributed by atoms with Crippen molar-refractivity contribution in [3.8, 4) is 21.6 Å². The van der Waals surface area contributed by atoms with E-state index < -0.39 is 6.09 Å². The topological polar surface area (TPSA) is 94.5 Å². The summed E-state index contributed by atoms with van der Waals surface area (Å²) in [4.78, 5) is 17.2. The van der Waals surface area contributed by atoms with Crippen LogP contribution in [0.5, 0.6) is 0 Å². The number of aliphatic hydroxyl groups is 1. The molecule has 4 aromatic rings. The van der Waals surface area contributed by atoms with Crippen LogP contribution >= 0.6 is 11.3 Å². The molecule has 1 amide bonds. The Balaban J connectivity index is 1.64. The monoisotopic (exact) mass is 417 g/mol. The molecule has 0 saturated heterocycles. The lowest BCUT2D eigenvalue weighted by Gasteiger charge is -2.14. The minimum atomic E-state index is -1.13. The molecule has 0 aliphatic carbocycles. The second-order valence-electron chi connectivity index (χ2n) is 6.56. The molecule has 0 fully saturated rings. The van der Waals surface area contributed by atoms with E-state index in [1.807, 2.05) is 66.9 Å². The summed E-state index contributed by atoms with van der Waals surface area (Å²) < 4.78 is 0. The third-order valence-corrected chi connectivity index (χ3v) is 5.64. The number of aliphatic hydroxyl groups excluding tert-OH is 1. The van der Waals surface area contributed by atoms with Crippen LogP contribution in [0, 0.1) is 0 Å². The van der Waals surface area contributed by atoms with Gasteiger partial charge >= 0.3 is 6.09 Å². The number of anilines is 3. The Morgan fingerprint density at radius 1 is 0.933 bits per heavy atom. The SMILES string of the molecule is O=C(O)Nc1ccc(-c2ccc(CO)s2)cc1Nc1ccc(-c2cccnc2)cc1. The van der Waals surface area contributed by atoms with Crippen molar-refractivity contribution in [3.05, 3.63) is 84.0 Å². The Bertz CT molecular complexity index is 1160. The van der Waals surface area contributed by atoms with E-state index in [4.69, 9.17) is 0 Å². The molecule has 30 heavy (non-hydrogen) atoms. The minimum absolute atomic E-state index is 0.00227. The van der Waals surface area contributed by atoms with Crippen LogP contribution in [-0.2, 0) is 6.61 Å². The van der Waals surface area contributed by atoms with Crippen LogP contribution in [0.25, 0.3) is 21.6 Å². The van der Waals surface area contributed by atoms with Crippen molar-refractivity contribution in [2.45, 2.75) is 6.61 Å². The number of thiophene rings is 1. The number of hydrogen-bond donors (Lipinski definition) is 4. The Labute approximate surface area is 177 Å². The number of nitrogens with one attached hydrogen (secondary N) is 2. The van der Waals surface area contributed by atoms with Gasteiger partial charge in [0, 0.05) is 27.8 Å². The number of carboxylic acid groups (broad SMARTS) is 1. The molecule has 0 saturated carbocycles. The molecule has 0 aliphatic rings. The summed E-state index contributed by atoms with van der Waals surface area (Å²) in [6, 6.07) is 21.1. The summed E-state index contributed by atoms with van der Waals surface area (Å²) in [6.07, 6.45) is 2.42. The fourth-order valence-corrected chi connectivity index (χ4v) is 3.94. The van der Waals surface area contributed by atoms with Gasteiger partial charge in [0.15, 0.2) is 0 Å². The summed E-state index contributed by atoms with van der Waals surface area (Å²) in [7, 11) is 0. The van der Waals surface area contributed by atoms with Crippen LogP contribution in [0.2, 0.25) is 0 Å². The van der Waals surface area contributed by atoms with Gasteiger partial charge < -0.3 is 15.5 Å². The third-order valence-electron chi connectivity index (χ3n) is 4.52. The van der Waals surface area contributed by atoms with Crippen molar-refractivity contribution < 1.29 is 15.0 Å². The Morgan fingerprint density at radius 3 is 2.40 bits per heavy atom. The van der Waals surface area contributed by atoms with Crippen LogP contribution in [0.4, 0.5) is 21.9 Å². The summed E-state index contributed by atoms with van der Waals surface area (Å²) in [5.41, 5.74) is 4.93. The predicted octanol–water partition coefficient (Wildman–Crippen LogP) is 5.80. The lowest BCUT2D eigenvalue weighted by atomic mass is 10.1. The van der Waals surface area contributed by atoms with Crippen LogP contribution in [0.3, 0.4) is 0 Å². The van der Waals surface area contributed by atoms with Gasteiger partial charge in [-0.25, -0.2) is 4.79 Å². The average Bonchev–Trinajstić information content (AvgIpc) is 3.25. The number of hydrogen-bond acceptors (Lipinski definition) is 5. The number of rotatable bonds is 6. The molecule has 2 aromatic heterocycles. The molecule has 0 bridgehead atoms. The van der Waals surface area contributed by atoms with E-state index in [0.717, 1.165) is 32.1 Å². The highest BCUT2D eigenvalue weighted by atomic mass is 32.1. The normalized spacial score (nSPS) is 10.6. The van der Waals surface area contributed by atoms with Crippen molar-refractivity contribution in [1.29, 1.82) is 0 Å². The number of pyridine rings is 1. The van der Waals surface area contributed by atoms with E-state index in [9.17, 15) is 15.0 Å². The lowest BCUT2D eigenvalue weighted by molar-refractivity contribution is 0.210. The van der Waals surface area contributed by atoms with E-state index in [0.29, 0.717) is 11.4 Å². The van der Waals surface area contributed by atoms with E-state index in [1.165, 1.54) is 11.3 Å². The van der Waals surface area contributed by atoms with Gasteiger partial charge in [-0.1, -0.05) is 24.3 Å². The summed E-state index contributed by atoms with van der Waals surface area (Å²) in [6.45, 7) is -0.00227. The van der Waals surface area contributed by atoms with E-state index in [2.05, 4.69) is 15.6 Å². The predicted molar refractivity (Wildman–Crippen MR) is 120 cm³/mol. The van der Waals surface area contributed by atoms with Crippen LogP contribution in [-0.4, -0.2) is 21.3 Å². The second-order valence-corrected chi connectivity index (χ2v) is 7.73. The fraction of sp³-hybridized carbons (Fsp3) is 0.0435. The highest BCUT2D eigenvalue weighted by molar-refractivity contribution is 7.15. The van der Waals surface area contributed by atoms with Crippen molar-refractivity contribution in [3.63, 3.8) is 0 Å². The molecular weight excluding hydrogens is 398 g/mol. The largest absolute Gasteiger partial charge is 0.465 e. The van der Waals surface area contributed by atoms with E-state index in [1.54, 1.807) is 12.3 Å². The molecule has 4 N–H and O–H groups in total. The smallest absolute Gasteiger partial charge is 0.409 e. The first-order chi connectivity index (χ1) is 14.6. The third kappa shape index (κ3) is 4.48. The zero-order chi connectivity index (χ0) is 20.9. The van der Waals surface area contributed by atoms with Gasteiger partial charge in [-0.15, -0.1) is 11.3 Å². The molecule has 6 nitrogen and oxygen atoms in total. The molecule has 0 atom stereocenters. The molecule has 4 rings (SSSR count). The second kappa shape index (κ2) is 8.77. The molecule has 0 spiro atoms. The first-order valence-electron chi connectivity index (χ1n) is 9.24. The van der Waals surface area contributed by atoms with Gasteiger partial charge in [-0.3, -0.25) is 10.3 Å². The van der Waals surface area contributed by atoms with Gasteiger partial charge in [-0.2, -0.15) is 0 Å². The average molecular weight is 417 g/mol. The molecule has 0 aliphatic heterocycles. The number of aromatic nitrogens is 1. The first kappa shape index (κ1) is 19.6. The lowest BCUT2D eigenvalue weighted by Crippen LogP contribution is -2.09. The Kier molecular flexibility index (Phi) is 5.74. The number of benzene rings is 2. The summed E-state index contributed by atoms with van der Waals surface area (Å²) in [5.74, 6) is 0. The standard InChI is InChI=1S/C23H19N3O3S/c27-14-19-8-10-22(30-19)16-5-9-20(26-23(28)29)21(12-16)25-18-6-3-15(4-7-18)17-2-1-11-24-13-17/h1-13,25-27H,14H2,(H,28,29). The molecule has 0 unspecified atom stereocenters. The quantitative estimate of drug-likeness (QED) is 0.318. The van der Waals surface area contributed by atoms with Gasteiger partial charge in [0.1, 0.15) is 0 Å². The zero-order valence-electron chi connectivity index (χ0n) is 15.9. The summed E-state index contributed by atoms with van der Waals surface area (Å²) >= 11 is 1.50. The molecule has 7 heteroatoms. The number of amides is 1. The summed E-state index contributed by atoms with van der Waals surface area (Å²) in [5, 5.41) is 24.2. The molecule has 0 radical (unpaired) electrons. The maximum Gasteiger partial charge on any atom is 0.409 e. The Hall–Kier alpha value is -3.68. The maximum atomic E-state index is 11.2. The highest BCUT2D eigenvalue weighted by Gasteiger charge is 2.10. The van der Waals surface area contributed by atoms with Crippen LogP contribution in [0.1, 0.15) is 4.88 Å². The van der Waals surface area contributed by atoms with Crippen molar-refractivity contribution in [2.75, 3.05) is 10.6 Å². The number of nitrogens with zero attached hydrogens (tertiary/aromatic N) is 1. The van der Waals surface area contributed by atoms with Gasteiger partial charge in [0.05, 0.1) is 18.0 Å². The minimum Gasteiger partial charge on any atom is -0.465 e. The highest BCUT2D eigenvalue weighted by Crippen LogP contribution is 2.35. The van der Waals surface area contributed by atoms with Crippen LogP contribution in [0.15, 0.2) is 79.1 Å². The fourth-order valence-electron chi connectivity index (χ4n) is 3.08. The van der Waals surface area contributed by atoms with Crippen molar-refractivity contribution in [1.82, 2.24) is 4.98 Å². The van der Waals surface area contributed by atoms with E-state index in [-0.39, 0.29) is 6.61 Å². The van der Waals surface area contributed by atoms with Gasteiger partial charge in [0.25, 0.3) is 0 Å². The van der Waals surface area contributed by atoms with Gasteiger partial charge in [-0.05, 0) is 59.2 Å². The molecule has 2 heterocycles. The first-order valence-corrected chi connectivity index (χ1v) is 10.1. The van der Waals surface area contributed by atoms with Gasteiger partial charge in [0.2, 0.25) is 0 Å². The van der Waals surface area contributed by atoms with Crippen LogP contribution < -0.4 is 10.6 Å².